The summed E-state index contributed by atoms with van der Waals surface area (Å²) in [4.78, 5) is 119. The van der Waals surface area contributed by atoms with Crippen LogP contribution in [0.3, 0.4) is 0 Å². The summed E-state index contributed by atoms with van der Waals surface area (Å²) in [5, 5.41) is 16.6. The van der Waals surface area contributed by atoms with Gasteiger partial charge in [0.05, 0.1) is 6.04 Å². The molecule has 7 atom stereocenters. The van der Waals surface area contributed by atoms with Gasteiger partial charge in [0.1, 0.15) is 36.3 Å². The molecule has 0 unspecified atom stereocenters. The highest BCUT2D eigenvalue weighted by Gasteiger charge is 2.40. The average molecular weight is 1110 g/mol. The lowest BCUT2D eigenvalue weighted by atomic mass is 10.0. The van der Waals surface area contributed by atoms with Gasteiger partial charge in [-0.15, -0.1) is 0 Å². The quantitative estimate of drug-likeness (QED) is 0.0156. The Morgan fingerprint density at radius 3 is 1.44 bits per heavy atom. The minimum Gasteiger partial charge on any atom is -0.370 e. The fourth-order valence-corrected chi connectivity index (χ4v) is 10.3. The summed E-state index contributed by atoms with van der Waals surface area (Å²) < 4.78 is 0. The Bertz CT molecular complexity index is 3210. The van der Waals surface area contributed by atoms with Crippen molar-refractivity contribution < 1.29 is 33.6 Å². The standard InChI is InChI=1S/C56H76N18O7/c57-22-8-7-18-42(48(59)75)69-50(77)43(19-9-23-64-55(60)61)70-51(78)44(20-10-24-65-56(62)63)71-52(79)45(27-33-30-67-40-16-5-2-13-36(33)40)72-53(80)47-21-11-25-74(47)54(81)46(28-34-31-68-41-17-6-3-14-37(34)41)73-49(76)38(58)26-32-29-66-39-15-4-1-12-35(32)39/h1-6,12-17,29-31,38,42-47,66-68H,7-11,18-28,57-58H2,(H2,59,75)(H,69,77)(H,70,78)(H,71,79)(H,72,80)(H,73,76)(H4,60,61,64)(H4,62,63,65)/t38-,42-,43-,44-,45-,46-,47-/m0/s1. The number of aromatic amines is 3. The molecule has 3 aromatic heterocycles. The van der Waals surface area contributed by atoms with Crippen LogP contribution in [0.1, 0.15) is 74.5 Å². The van der Waals surface area contributed by atoms with Crippen LogP contribution in [-0.4, -0.2) is 142 Å². The second-order valence-electron chi connectivity index (χ2n) is 20.4. The summed E-state index contributed by atoms with van der Waals surface area (Å²) in [5.41, 5.74) is 45.0. The first-order chi connectivity index (χ1) is 39.0. The third-order valence-corrected chi connectivity index (χ3v) is 14.5. The molecule has 0 aliphatic carbocycles. The number of likely N-dealkylation sites (tertiary alicyclic amines) is 1. The predicted octanol–water partition coefficient (Wildman–Crippen LogP) is -0.378. The van der Waals surface area contributed by atoms with E-state index >= 15 is 4.79 Å². The molecular weight excluding hydrogens is 1040 g/mol. The minimum atomic E-state index is -1.34. The summed E-state index contributed by atoms with van der Waals surface area (Å²) in [7, 11) is 0. The van der Waals surface area contributed by atoms with Crippen molar-refractivity contribution >= 4 is 86.0 Å². The number of hydrogen-bond acceptors (Lipinski definition) is 11. The van der Waals surface area contributed by atoms with Gasteiger partial charge in [-0.2, -0.15) is 0 Å². The fraction of sp³-hybridized carbons (Fsp3) is 0.411. The van der Waals surface area contributed by atoms with Crippen LogP contribution in [-0.2, 0) is 52.8 Å². The van der Waals surface area contributed by atoms with Crippen molar-refractivity contribution in [2.75, 3.05) is 26.2 Å². The summed E-state index contributed by atoms with van der Waals surface area (Å²) in [6, 6.07) is 14.4. The SMILES string of the molecule is NCCCC[C@H](NC(=O)[C@H](CCCN=C(N)N)NC(=O)[C@H](CCCN=C(N)N)NC(=O)[C@H](Cc1c[nH]c2ccccc12)NC(=O)[C@@H]1CCCN1C(=O)[C@H](Cc1c[nH]c2ccccc12)NC(=O)[C@@H](N)Cc1c[nH]c2ccccc12)C(N)=O. The Morgan fingerprint density at radius 1 is 0.531 bits per heavy atom. The molecule has 7 rings (SSSR count). The number of nitrogens with one attached hydrogen (secondary N) is 8. The van der Waals surface area contributed by atoms with Crippen LogP contribution < -0.4 is 66.7 Å². The lowest BCUT2D eigenvalue weighted by Gasteiger charge is -2.31. The Hall–Kier alpha value is -8.97. The molecule has 81 heavy (non-hydrogen) atoms. The van der Waals surface area contributed by atoms with Gasteiger partial charge < -0.3 is 86.6 Å². The highest BCUT2D eigenvalue weighted by Crippen LogP contribution is 2.25. The van der Waals surface area contributed by atoms with Gasteiger partial charge in [0.2, 0.25) is 41.4 Å². The van der Waals surface area contributed by atoms with Crippen LogP contribution in [0.4, 0.5) is 0 Å². The van der Waals surface area contributed by atoms with E-state index in [-0.39, 0.29) is 89.3 Å². The Labute approximate surface area is 468 Å². The van der Waals surface area contributed by atoms with Crippen molar-refractivity contribution in [3.8, 4) is 0 Å². The molecule has 0 spiro atoms. The number of aromatic nitrogens is 3. The normalized spacial score (nSPS) is 15.4. The highest BCUT2D eigenvalue weighted by atomic mass is 16.2. The molecule has 1 aliphatic heterocycles. The van der Waals surface area contributed by atoms with E-state index in [1.807, 2.05) is 79.0 Å². The number of benzene rings is 3. The average Bonchev–Trinajstić information content (AvgIpc) is 4.40. The summed E-state index contributed by atoms with van der Waals surface area (Å²) in [6.07, 6.45) is 7.84. The number of nitrogens with zero attached hydrogens (tertiary/aromatic N) is 3. The number of aliphatic imine (C=N–C) groups is 2. The van der Waals surface area contributed by atoms with Crippen molar-refractivity contribution in [3.63, 3.8) is 0 Å². The first kappa shape index (κ1) is 59.7. The maximum absolute atomic E-state index is 15.0. The molecule has 1 fully saturated rings. The molecule has 0 radical (unpaired) electrons. The number of nitrogens with two attached hydrogens (primary N) is 7. The van der Waals surface area contributed by atoms with E-state index in [9.17, 15) is 28.8 Å². The van der Waals surface area contributed by atoms with Crippen molar-refractivity contribution in [2.45, 2.75) is 119 Å². The van der Waals surface area contributed by atoms with Crippen molar-refractivity contribution in [1.29, 1.82) is 0 Å². The molecule has 3 aromatic carbocycles. The second kappa shape index (κ2) is 28.8. The monoisotopic (exact) mass is 1110 g/mol. The number of rotatable bonds is 30. The van der Waals surface area contributed by atoms with Crippen LogP contribution in [0.25, 0.3) is 32.7 Å². The van der Waals surface area contributed by atoms with E-state index in [0.29, 0.717) is 31.4 Å². The van der Waals surface area contributed by atoms with Gasteiger partial charge in [-0.1, -0.05) is 54.6 Å². The fourth-order valence-electron chi connectivity index (χ4n) is 10.3. The molecule has 432 valence electrons. The number of fused-ring (bicyclic) bond motifs is 3. The zero-order valence-electron chi connectivity index (χ0n) is 45.3. The number of primary amides is 1. The van der Waals surface area contributed by atoms with Gasteiger partial charge in [-0.3, -0.25) is 43.5 Å². The molecule has 22 N–H and O–H groups in total. The number of carbonyl (C=O) groups is 7. The third kappa shape index (κ3) is 16.3. The number of hydrogen-bond donors (Lipinski definition) is 15. The number of para-hydroxylation sites is 3. The van der Waals surface area contributed by atoms with E-state index in [4.69, 9.17) is 40.1 Å². The minimum absolute atomic E-state index is 0.0112. The predicted molar refractivity (Wildman–Crippen MR) is 310 cm³/mol. The second-order valence-corrected chi connectivity index (χ2v) is 20.4. The highest BCUT2D eigenvalue weighted by molar-refractivity contribution is 5.98. The molecule has 0 bridgehead atoms. The maximum atomic E-state index is 15.0. The molecule has 25 nitrogen and oxygen atoms in total. The van der Waals surface area contributed by atoms with Crippen LogP contribution in [0.2, 0.25) is 0 Å². The van der Waals surface area contributed by atoms with Crippen molar-refractivity contribution in [3.05, 3.63) is 108 Å². The Morgan fingerprint density at radius 2 is 0.963 bits per heavy atom. The van der Waals surface area contributed by atoms with Crippen LogP contribution in [0.15, 0.2) is 101 Å². The Kier molecular flexibility index (Phi) is 21.2. The van der Waals surface area contributed by atoms with Gasteiger partial charge in [0.15, 0.2) is 11.9 Å². The molecule has 6 aromatic rings. The number of unbranched alkanes of at least 4 members (excludes halogenated alkanes) is 1. The smallest absolute Gasteiger partial charge is 0.246 e. The number of guanidine groups is 2. The summed E-state index contributed by atoms with van der Waals surface area (Å²) in [5.74, 6) is -5.11. The largest absolute Gasteiger partial charge is 0.370 e. The molecule has 7 amide bonds. The molecular formula is C56H76N18O7. The summed E-state index contributed by atoms with van der Waals surface area (Å²) >= 11 is 0. The lowest BCUT2D eigenvalue weighted by molar-refractivity contribution is -0.142. The number of H-pyrrole nitrogens is 3. The molecule has 1 aliphatic rings. The first-order valence-electron chi connectivity index (χ1n) is 27.3. The zero-order valence-corrected chi connectivity index (χ0v) is 45.3. The molecule has 1 saturated heterocycles. The van der Waals surface area contributed by atoms with E-state index < -0.39 is 83.6 Å². The third-order valence-electron chi connectivity index (χ3n) is 14.5. The van der Waals surface area contributed by atoms with Crippen LogP contribution >= 0.6 is 0 Å². The molecule has 25 heteroatoms. The van der Waals surface area contributed by atoms with E-state index in [0.717, 1.165) is 43.8 Å². The number of amides is 7. The van der Waals surface area contributed by atoms with E-state index in [1.54, 1.807) is 12.4 Å². The van der Waals surface area contributed by atoms with Gasteiger partial charge in [0, 0.05) is 83.8 Å². The summed E-state index contributed by atoms with van der Waals surface area (Å²) in [6.45, 7) is 0.718. The topological polar surface area (TPSA) is 437 Å². The van der Waals surface area contributed by atoms with Gasteiger partial charge in [-0.25, -0.2) is 0 Å². The zero-order chi connectivity index (χ0) is 58.0. The van der Waals surface area contributed by atoms with Crippen molar-refractivity contribution in [2.24, 2.45) is 50.1 Å². The van der Waals surface area contributed by atoms with Crippen molar-refractivity contribution in [1.82, 2.24) is 46.4 Å². The lowest BCUT2D eigenvalue weighted by Crippen LogP contribution is -2.60. The van der Waals surface area contributed by atoms with E-state index in [2.05, 4.69) is 51.5 Å². The maximum Gasteiger partial charge on any atom is 0.246 e. The van der Waals surface area contributed by atoms with Gasteiger partial charge >= 0.3 is 0 Å². The van der Waals surface area contributed by atoms with Gasteiger partial charge in [-0.05, 0) is 106 Å². The first-order valence-corrected chi connectivity index (χ1v) is 27.3. The van der Waals surface area contributed by atoms with E-state index in [1.165, 1.54) is 4.90 Å². The van der Waals surface area contributed by atoms with Crippen LogP contribution in [0.5, 0.6) is 0 Å². The molecule has 4 heterocycles. The number of carbonyl (C=O) groups excluding carboxylic acids is 7. The van der Waals surface area contributed by atoms with Gasteiger partial charge in [0.25, 0.3) is 0 Å². The molecule has 0 saturated carbocycles. The Balaban J connectivity index is 1.14. The van der Waals surface area contributed by atoms with Crippen LogP contribution in [0, 0.1) is 0 Å².